The third kappa shape index (κ3) is 7.36. The first-order chi connectivity index (χ1) is 14.5. The van der Waals surface area contributed by atoms with Crippen LogP contribution in [-0.4, -0.2) is 57.3 Å². The van der Waals surface area contributed by atoms with Gasteiger partial charge in [0.15, 0.2) is 12.4 Å². The molecule has 0 unspecified atom stereocenters. The van der Waals surface area contributed by atoms with Crippen molar-refractivity contribution in [2.24, 2.45) is 10.9 Å². The summed E-state index contributed by atoms with van der Waals surface area (Å²) in [7, 11) is 1.51. The maximum Gasteiger partial charge on any atom is 0.344 e. The summed E-state index contributed by atoms with van der Waals surface area (Å²) in [6.45, 7) is 0.0668. The number of ether oxygens (including phenoxy) is 3. The molecule has 0 saturated heterocycles. The minimum absolute atomic E-state index is 0.156. The highest BCUT2D eigenvalue weighted by Gasteiger charge is 2.11. The number of Topliss-reactive ketones (excluding diaryl/α,β-unsaturated/α-hetero) is 1. The van der Waals surface area contributed by atoms with Gasteiger partial charge in [0.05, 0.1) is 19.4 Å². The van der Waals surface area contributed by atoms with Crippen LogP contribution in [0.3, 0.4) is 0 Å². The number of amides is 1. The number of nitrogens with zero attached hydrogens (tertiary/aromatic N) is 1. The Balaban J connectivity index is 1.80. The molecule has 30 heavy (non-hydrogen) atoms. The Hall–Kier alpha value is -3.72. The van der Waals surface area contributed by atoms with Crippen LogP contribution >= 0.6 is 0 Å². The molecule has 0 saturated carbocycles. The fourth-order valence-electron chi connectivity index (χ4n) is 2.33. The van der Waals surface area contributed by atoms with E-state index in [1.54, 1.807) is 48.5 Å². The van der Waals surface area contributed by atoms with Crippen LogP contribution < -0.4 is 15.9 Å². The number of methoxy groups -OCH3 is 1. The summed E-state index contributed by atoms with van der Waals surface area (Å²) < 4.78 is 15.0. The van der Waals surface area contributed by atoms with Crippen molar-refractivity contribution in [3.8, 4) is 5.75 Å². The summed E-state index contributed by atoms with van der Waals surface area (Å²) in [4.78, 5) is 35.9. The number of nitrogens with one attached hydrogen (secondary N) is 1. The summed E-state index contributed by atoms with van der Waals surface area (Å²) in [5.41, 5.74) is 1.58. The smallest absolute Gasteiger partial charge is 0.344 e. The fraction of sp³-hybridized carbons (Fsp3) is 0.238. The molecule has 3 N–H and O–H groups in total. The lowest BCUT2D eigenvalue weighted by molar-refractivity contribution is -0.147. The Labute approximate surface area is 173 Å². The molecule has 158 valence electrons. The summed E-state index contributed by atoms with van der Waals surface area (Å²) >= 11 is 0. The Bertz CT molecular complexity index is 879. The SMILES string of the molecule is COCCOC(=O)COc1ccc(C(=O)CNC(=O)c2ccc(C=NN)cc2)cc1. The molecule has 0 spiro atoms. The van der Waals surface area contributed by atoms with E-state index < -0.39 is 5.97 Å². The first-order valence-electron chi connectivity index (χ1n) is 9.05. The number of carbonyl (C=O) groups excluding carboxylic acids is 3. The second-order valence-electron chi connectivity index (χ2n) is 6.03. The number of rotatable bonds is 11. The molecule has 2 aromatic rings. The first-order valence-corrected chi connectivity index (χ1v) is 9.05. The highest BCUT2D eigenvalue weighted by Crippen LogP contribution is 2.12. The van der Waals surface area contributed by atoms with Gasteiger partial charge in [-0.1, -0.05) is 12.1 Å². The summed E-state index contributed by atoms with van der Waals surface area (Å²) in [5, 5.41) is 5.99. The monoisotopic (exact) mass is 413 g/mol. The number of hydrogen-bond acceptors (Lipinski definition) is 8. The van der Waals surface area contributed by atoms with Crippen molar-refractivity contribution < 1.29 is 28.6 Å². The van der Waals surface area contributed by atoms with Gasteiger partial charge >= 0.3 is 5.97 Å². The highest BCUT2D eigenvalue weighted by atomic mass is 16.6. The van der Waals surface area contributed by atoms with Crippen molar-refractivity contribution in [1.82, 2.24) is 5.32 Å². The molecule has 0 aliphatic heterocycles. The predicted octanol–water partition coefficient (Wildman–Crippen LogP) is 1.16. The van der Waals surface area contributed by atoms with Crippen LogP contribution in [0.25, 0.3) is 0 Å². The van der Waals surface area contributed by atoms with Gasteiger partial charge in [-0.2, -0.15) is 5.10 Å². The van der Waals surface area contributed by atoms with E-state index in [1.807, 2.05) is 0 Å². The zero-order valence-corrected chi connectivity index (χ0v) is 16.5. The molecule has 0 aliphatic carbocycles. The molecule has 0 heterocycles. The number of nitrogens with two attached hydrogens (primary N) is 1. The highest BCUT2D eigenvalue weighted by molar-refractivity contribution is 6.02. The molecule has 0 aromatic heterocycles. The summed E-state index contributed by atoms with van der Waals surface area (Å²) in [6.07, 6.45) is 1.46. The van der Waals surface area contributed by atoms with Crippen molar-refractivity contribution in [2.75, 3.05) is 33.5 Å². The van der Waals surface area contributed by atoms with Crippen LogP contribution in [0.1, 0.15) is 26.3 Å². The lowest BCUT2D eigenvalue weighted by atomic mass is 10.1. The standard InChI is InChI=1S/C21H23N3O6/c1-28-10-11-29-20(26)14-30-18-8-6-16(7-9-18)19(25)13-23-21(27)17-4-2-15(3-5-17)12-24-22/h2-9,12H,10-11,13-14,22H2,1H3,(H,23,27). The molecule has 1 amide bonds. The maximum absolute atomic E-state index is 12.3. The normalized spacial score (nSPS) is 10.6. The van der Waals surface area contributed by atoms with Gasteiger partial charge in [-0.3, -0.25) is 9.59 Å². The van der Waals surface area contributed by atoms with Crippen LogP contribution in [0.4, 0.5) is 0 Å². The Kier molecular flexibility index (Phi) is 9.01. The van der Waals surface area contributed by atoms with E-state index in [4.69, 9.17) is 20.1 Å². The third-order valence-electron chi connectivity index (χ3n) is 3.89. The molecular weight excluding hydrogens is 390 g/mol. The topological polar surface area (TPSA) is 129 Å². The van der Waals surface area contributed by atoms with E-state index in [2.05, 4.69) is 10.4 Å². The molecule has 2 rings (SSSR count). The minimum atomic E-state index is -0.515. The zero-order valence-electron chi connectivity index (χ0n) is 16.5. The zero-order chi connectivity index (χ0) is 21.8. The molecule has 9 heteroatoms. The molecule has 2 aromatic carbocycles. The Morgan fingerprint density at radius 3 is 2.30 bits per heavy atom. The second-order valence-corrected chi connectivity index (χ2v) is 6.03. The van der Waals surface area contributed by atoms with Gasteiger partial charge in [-0.25, -0.2) is 4.79 Å². The van der Waals surface area contributed by atoms with Crippen molar-refractivity contribution in [1.29, 1.82) is 0 Å². The third-order valence-corrected chi connectivity index (χ3v) is 3.89. The fourth-order valence-corrected chi connectivity index (χ4v) is 2.33. The van der Waals surface area contributed by atoms with Crippen LogP contribution in [0, 0.1) is 0 Å². The number of hydrogen-bond donors (Lipinski definition) is 2. The predicted molar refractivity (Wildman–Crippen MR) is 110 cm³/mol. The van der Waals surface area contributed by atoms with Gasteiger partial charge in [-0.05, 0) is 42.0 Å². The van der Waals surface area contributed by atoms with Crippen LogP contribution in [-0.2, 0) is 14.3 Å². The maximum atomic E-state index is 12.3. The molecule has 0 radical (unpaired) electrons. The molecule has 0 atom stereocenters. The van der Waals surface area contributed by atoms with E-state index >= 15 is 0 Å². The van der Waals surface area contributed by atoms with Gasteiger partial charge in [-0.15, -0.1) is 0 Å². The van der Waals surface area contributed by atoms with Gasteiger partial charge in [0.1, 0.15) is 12.4 Å². The number of benzene rings is 2. The Morgan fingerprint density at radius 1 is 1.00 bits per heavy atom. The average molecular weight is 413 g/mol. The van der Waals surface area contributed by atoms with Gasteiger partial charge in [0.25, 0.3) is 5.91 Å². The van der Waals surface area contributed by atoms with Gasteiger partial charge in [0, 0.05) is 18.2 Å². The summed E-state index contributed by atoms with van der Waals surface area (Å²) in [5.74, 6) is 4.35. The first kappa shape index (κ1) is 22.6. The van der Waals surface area contributed by atoms with Crippen LogP contribution in [0.2, 0.25) is 0 Å². The molecule has 0 fully saturated rings. The quantitative estimate of drug-likeness (QED) is 0.141. The number of esters is 1. The molecular formula is C21H23N3O6. The van der Waals surface area contributed by atoms with Crippen molar-refractivity contribution in [2.45, 2.75) is 0 Å². The average Bonchev–Trinajstić information content (AvgIpc) is 2.77. The second kappa shape index (κ2) is 12.0. The van der Waals surface area contributed by atoms with E-state index in [0.29, 0.717) is 23.5 Å². The molecule has 0 bridgehead atoms. The summed E-state index contributed by atoms with van der Waals surface area (Å²) in [6, 6.07) is 12.9. The Morgan fingerprint density at radius 2 is 1.67 bits per heavy atom. The largest absolute Gasteiger partial charge is 0.482 e. The number of carbonyl (C=O) groups is 3. The minimum Gasteiger partial charge on any atom is -0.482 e. The lowest BCUT2D eigenvalue weighted by Gasteiger charge is -2.08. The van der Waals surface area contributed by atoms with Crippen LogP contribution in [0.5, 0.6) is 5.75 Å². The van der Waals surface area contributed by atoms with E-state index in [1.165, 1.54) is 13.3 Å². The number of hydrazone groups is 1. The number of ketones is 1. The van der Waals surface area contributed by atoms with E-state index in [0.717, 1.165) is 5.56 Å². The van der Waals surface area contributed by atoms with Crippen LogP contribution in [0.15, 0.2) is 53.6 Å². The van der Waals surface area contributed by atoms with Crippen molar-refractivity contribution in [3.05, 3.63) is 65.2 Å². The van der Waals surface area contributed by atoms with Crippen molar-refractivity contribution >= 4 is 23.9 Å². The van der Waals surface area contributed by atoms with Crippen molar-refractivity contribution in [3.63, 3.8) is 0 Å². The van der Waals surface area contributed by atoms with Gasteiger partial charge < -0.3 is 25.4 Å². The molecule has 9 nitrogen and oxygen atoms in total. The molecule has 0 aliphatic rings. The lowest BCUT2D eigenvalue weighted by Crippen LogP contribution is -2.29. The van der Waals surface area contributed by atoms with E-state index in [-0.39, 0.29) is 31.4 Å². The van der Waals surface area contributed by atoms with Gasteiger partial charge in [0.2, 0.25) is 0 Å². The van der Waals surface area contributed by atoms with E-state index in [9.17, 15) is 14.4 Å².